The molecular weight excluding hydrogens is 479 g/mol. The number of thiophene rings is 1. The Labute approximate surface area is 213 Å². The van der Waals surface area contributed by atoms with Crippen molar-refractivity contribution in [1.82, 2.24) is 19.3 Å². The number of rotatable bonds is 7. The molecule has 0 radical (unpaired) electrons. The quantitative estimate of drug-likeness (QED) is 0.209. The minimum atomic E-state index is -0.310. The van der Waals surface area contributed by atoms with E-state index >= 15 is 0 Å². The summed E-state index contributed by atoms with van der Waals surface area (Å²) in [6.07, 6.45) is 4.80. The molecule has 0 saturated carbocycles. The van der Waals surface area contributed by atoms with Gasteiger partial charge in [0.1, 0.15) is 5.82 Å². The first-order chi connectivity index (χ1) is 16.9. The van der Waals surface area contributed by atoms with Gasteiger partial charge in [-0.1, -0.05) is 37.2 Å². The van der Waals surface area contributed by atoms with Crippen molar-refractivity contribution < 1.29 is 9.18 Å². The van der Waals surface area contributed by atoms with Crippen LogP contribution in [-0.4, -0.2) is 30.9 Å². The SMILES string of the molecule is CC[C@@H]1CCc2sc(-c3nnc(SCC(=O)c4cc(C)n(-c5ccccc5F)c4C)n3C)cc2C1. The fourth-order valence-corrected chi connectivity index (χ4v) is 6.99. The fourth-order valence-electron chi connectivity index (χ4n) is 4.97. The third-order valence-electron chi connectivity index (χ3n) is 6.97. The number of carbonyl (C=O) groups is 1. The highest BCUT2D eigenvalue weighted by Crippen LogP contribution is 2.38. The highest BCUT2D eigenvalue weighted by Gasteiger charge is 2.23. The lowest BCUT2D eigenvalue weighted by molar-refractivity contribution is 0.102. The molecule has 0 spiro atoms. The van der Waals surface area contributed by atoms with Crippen LogP contribution in [0.25, 0.3) is 16.4 Å². The van der Waals surface area contributed by atoms with Gasteiger partial charge in [-0.05, 0) is 68.9 Å². The number of fused-ring (bicyclic) bond motifs is 1. The van der Waals surface area contributed by atoms with Crippen LogP contribution in [0.3, 0.4) is 0 Å². The molecule has 3 aromatic heterocycles. The molecule has 182 valence electrons. The number of carbonyl (C=O) groups excluding carboxylic acids is 1. The third-order valence-corrected chi connectivity index (χ3v) is 9.23. The molecule has 1 aromatic carbocycles. The van der Waals surface area contributed by atoms with Gasteiger partial charge in [-0.3, -0.25) is 4.79 Å². The van der Waals surface area contributed by atoms with E-state index in [9.17, 15) is 9.18 Å². The molecule has 0 fully saturated rings. The van der Waals surface area contributed by atoms with Gasteiger partial charge >= 0.3 is 0 Å². The molecule has 0 amide bonds. The predicted octanol–water partition coefficient (Wildman–Crippen LogP) is 6.58. The number of halogens is 1. The molecule has 0 N–H and O–H groups in total. The molecular formula is C27H29FN4OS2. The maximum Gasteiger partial charge on any atom is 0.191 e. The van der Waals surface area contributed by atoms with Gasteiger partial charge in [-0.15, -0.1) is 21.5 Å². The largest absolute Gasteiger partial charge is 0.315 e. The molecule has 1 aliphatic carbocycles. The lowest BCUT2D eigenvalue weighted by Gasteiger charge is -2.19. The summed E-state index contributed by atoms with van der Waals surface area (Å²) in [5, 5.41) is 9.54. The van der Waals surface area contributed by atoms with E-state index in [0.29, 0.717) is 16.4 Å². The molecule has 5 rings (SSSR count). The number of hydrogen-bond donors (Lipinski definition) is 0. The van der Waals surface area contributed by atoms with Gasteiger partial charge < -0.3 is 9.13 Å². The van der Waals surface area contributed by atoms with E-state index in [1.807, 2.05) is 42.9 Å². The lowest BCUT2D eigenvalue weighted by atomic mass is 9.87. The van der Waals surface area contributed by atoms with Gasteiger partial charge in [0.25, 0.3) is 0 Å². The Hall–Kier alpha value is -2.71. The van der Waals surface area contributed by atoms with E-state index in [-0.39, 0.29) is 17.4 Å². The van der Waals surface area contributed by atoms with Crippen molar-refractivity contribution in [3.63, 3.8) is 0 Å². The number of benzene rings is 1. The Morgan fingerprint density at radius 2 is 2.03 bits per heavy atom. The second kappa shape index (κ2) is 9.74. The molecule has 0 unspecified atom stereocenters. The van der Waals surface area contributed by atoms with Gasteiger partial charge in [0, 0.05) is 28.9 Å². The van der Waals surface area contributed by atoms with Crippen LogP contribution in [0.15, 0.2) is 41.6 Å². The minimum absolute atomic E-state index is 0.00701. The number of aryl methyl sites for hydroxylation is 2. The van der Waals surface area contributed by atoms with Crippen molar-refractivity contribution in [2.75, 3.05) is 5.75 Å². The van der Waals surface area contributed by atoms with Crippen LogP contribution in [0.1, 0.15) is 52.0 Å². The normalized spacial score (nSPS) is 15.4. The van der Waals surface area contributed by atoms with Crippen LogP contribution >= 0.6 is 23.1 Å². The minimum Gasteiger partial charge on any atom is -0.315 e. The summed E-state index contributed by atoms with van der Waals surface area (Å²) in [5.41, 5.74) is 4.09. The summed E-state index contributed by atoms with van der Waals surface area (Å²) in [6.45, 7) is 6.02. The van der Waals surface area contributed by atoms with Crippen molar-refractivity contribution in [1.29, 1.82) is 0 Å². The summed E-state index contributed by atoms with van der Waals surface area (Å²) in [4.78, 5) is 15.7. The lowest BCUT2D eigenvalue weighted by Crippen LogP contribution is -2.10. The summed E-state index contributed by atoms with van der Waals surface area (Å²) in [7, 11) is 1.96. The molecule has 1 aliphatic rings. The van der Waals surface area contributed by atoms with Crippen LogP contribution in [0.5, 0.6) is 0 Å². The Balaban J connectivity index is 1.32. The molecule has 4 aromatic rings. The van der Waals surface area contributed by atoms with Gasteiger partial charge in [-0.25, -0.2) is 4.39 Å². The second-order valence-electron chi connectivity index (χ2n) is 9.22. The molecule has 35 heavy (non-hydrogen) atoms. The van der Waals surface area contributed by atoms with Gasteiger partial charge in [0.05, 0.1) is 16.3 Å². The van der Waals surface area contributed by atoms with E-state index in [4.69, 9.17) is 0 Å². The smallest absolute Gasteiger partial charge is 0.191 e. The molecule has 8 heteroatoms. The third kappa shape index (κ3) is 4.49. The van der Waals surface area contributed by atoms with Crippen molar-refractivity contribution in [3.8, 4) is 16.4 Å². The highest BCUT2D eigenvalue weighted by molar-refractivity contribution is 7.99. The van der Waals surface area contributed by atoms with Crippen LogP contribution in [-0.2, 0) is 19.9 Å². The molecule has 5 nitrogen and oxygen atoms in total. The first-order valence-corrected chi connectivity index (χ1v) is 13.8. The van der Waals surface area contributed by atoms with Crippen LogP contribution in [0, 0.1) is 25.6 Å². The Kier molecular flexibility index (Phi) is 6.68. The zero-order valence-corrected chi connectivity index (χ0v) is 22.1. The monoisotopic (exact) mass is 508 g/mol. The first-order valence-electron chi connectivity index (χ1n) is 12.0. The number of nitrogens with zero attached hydrogens (tertiary/aromatic N) is 4. The number of Topliss-reactive ketones (excluding diaryl/α,β-unsaturated/α-hetero) is 1. The van der Waals surface area contributed by atoms with Crippen LogP contribution < -0.4 is 0 Å². The van der Waals surface area contributed by atoms with E-state index < -0.39 is 0 Å². The van der Waals surface area contributed by atoms with Crippen LogP contribution in [0.4, 0.5) is 4.39 Å². The van der Waals surface area contributed by atoms with Crippen molar-refractivity contribution in [2.24, 2.45) is 13.0 Å². The summed E-state index contributed by atoms with van der Waals surface area (Å²) < 4.78 is 18.2. The molecule has 0 aliphatic heterocycles. The van der Waals surface area contributed by atoms with Crippen molar-refractivity contribution in [3.05, 3.63) is 69.6 Å². The topological polar surface area (TPSA) is 52.7 Å². The van der Waals surface area contributed by atoms with Gasteiger partial charge in [0.15, 0.2) is 16.8 Å². The highest BCUT2D eigenvalue weighted by atomic mass is 32.2. The maximum absolute atomic E-state index is 14.4. The van der Waals surface area contributed by atoms with E-state index in [1.54, 1.807) is 22.8 Å². The average Bonchev–Trinajstić information content (AvgIpc) is 3.52. The number of ketones is 1. The zero-order chi connectivity index (χ0) is 24.7. The predicted molar refractivity (Wildman–Crippen MR) is 140 cm³/mol. The number of hydrogen-bond acceptors (Lipinski definition) is 5. The Morgan fingerprint density at radius 1 is 1.23 bits per heavy atom. The van der Waals surface area contributed by atoms with Crippen LogP contribution in [0.2, 0.25) is 0 Å². The van der Waals surface area contributed by atoms with Crippen molar-refractivity contribution >= 4 is 28.9 Å². The molecule has 0 bridgehead atoms. The van der Waals surface area contributed by atoms with Gasteiger partial charge in [0.2, 0.25) is 0 Å². The van der Waals surface area contributed by atoms with Crippen molar-refractivity contribution in [2.45, 2.75) is 51.6 Å². The van der Waals surface area contributed by atoms with E-state index in [1.165, 1.54) is 41.1 Å². The molecule has 1 atom stereocenters. The standard InChI is InChI=1S/C27H29FN4OS2/c1-5-18-10-11-24-19(13-18)14-25(35-24)26-29-30-27(31(26)4)34-15-23(33)20-12-16(2)32(17(20)3)22-9-7-6-8-21(22)28/h6-9,12,14,18H,5,10-11,13,15H2,1-4H3/t18-/m1/s1. The molecule has 3 heterocycles. The molecule has 0 saturated heterocycles. The summed E-state index contributed by atoms with van der Waals surface area (Å²) in [5.74, 6) is 1.56. The summed E-state index contributed by atoms with van der Waals surface area (Å²) >= 11 is 3.21. The van der Waals surface area contributed by atoms with Gasteiger partial charge in [-0.2, -0.15) is 0 Å². The maximum atomic E-state index is 14.4. The second-order valence-corrected chi connectivity index (χ2v) is 11.3. The number of thioether (sulfide) groups is 1. The Morgan fingerprint density at radius 3 is 2.80 bits per heavy atom. The number of para-hydroxylation sites is 1. The van der Waals surface area contributed by atoms with E-state index in [0.717, 1.165) is 40.8 Å². The Bertz CT molecular complexity index is 1400. The number of aromatic nitrogens is 4. The zero-order valence-electron chi connectivity index (χ0n) is 20.5. The first kappa shape index (κ1) is 24.0. The average molecular weight is 509 g/mol. The summed E-state index contributed by atoms with van der Waals surface area (Å²) in [6, 6.07) is 10.7. The van der Waals surface area contributed by atoms with E-state index in [2.05, 4.69) is 23.2 Å². The fraction of sp³-hybridized carbons (Fsp3) is 0.370.